The normalized spacial score (nSPS) is 11.0. The molecule has 29 heavy (non-hydrogen) atoms. The molecule has 0 aliphatic rings. The molecule has 0 radical (unpaired) electrons. The van der Waals surface area contributed by atoms with Gasteiger partial charge in [0.2, 0.25) is 5.89 Å². The number of ether oxygens (including phenoxy) is 2. The molecular weight excluding hydrogens is 366 g/mol. The van der Waals surface area contributed by atoms with Gasteiger partial charge >= 0.3 is 5.97 Å². The fourth-order valence-electron chi connectivity index (χ4n) is 2.92. The minimum Gasteiger partial charge on any atom is -0.493 e. The van der Waals surface area contributed by atoms with E-state index >= 15 is 0 Å². The van der Waals surface area contributed by atoms with Crippen LogP contribution in [0, 0.1) is 6.92 Å². The second-order valence-corrected chi connectivity index (χ2v) is 6.60. The number of oxazole rings is 1. The molecule has 5 heteroatoms. The topological polar surface area (TPSA) is 61.6 Å². The molecule has 0 fully saturated rings. The number of methoxy groups -OCH3 is 1. The predicted molar refractivity (Wildman–Crippen MR) is 112 cm³/mol. The highest BCUT2D eigenvalue weighted by atomic mass is 16.5. The van der Waals surface area contributed by atoms with Crippen molar-refractivity contribution < 1.29 is 18.7 Å². The van der Waals surface area contributed by atoms with Crippen LogP contribution >= 0.6 is 0 Å². The van der Waals surface area contributed by atoms with Crippen molar-refractivity contribution in [3.63, 3.8) is 0 Å². The van der Waals surface area contributed by atoms with Crippen LogP contribution in [0.5, 0.6) is 5.75 Å². The Bertz CT molecular complexity index is 960. The third-order valence-corrected chi connectivity index (χ3v) is 4.47. The van der Waals surface area contributed by atoms with Crippen LogP contribution in [-0.2, 0) is 22.4 Å². The Morgan fingerprint density at radius 3 is 2.72 bits per heavy atom. The van der Waals surface area contributed by atoms with E-state index in [9.17, 15) is 4.79 Å². The molecule has 0 N–H and O–H groups in total. The Morgan fingerprint density at radius 2 is 1.93 bits per heavy atom. The maximum absolute atomic E-state index is 11.1. The van der Waals surface area contributed by atoms with Crippen LogP contribution in [0.1, 0.15) is 23.4 Å². The van der Waals surface area contributed by atoms with E-state index < -0.39 is 0 Å². The predicted octanol–water partition coefficient (Wildman–Crippen LogP) is 4.93. The third-order valence-electron chi connectivity index (χ3n) is 4.47. The minimum absolute atomic E-state index is 0.333. The summed E-state index contributed by atoms with van der Waals surface area (Å²) >= 11 is 0. The maximum Gasteiger partial charge on any atom is 0.330 e. The summed E-state index contributed by atoms with van der Waals surface area (Å²) in [6.07, 6.45) is 5.53. The lowest BCUT2D eigenvalue weighted by Gasteiger charge is -2.07. The molecule has 0 aliphatic carbocycles. The number of esters is 1. The first-order valence-electron chi connectivity index (χ1n) is 9.63. The number of nitrogens with zero attached hydrogens (tertiary/aromatic N) is 1. The number of allylic oxidation sites excluding steroid dienone is 1. The van der Waals surface area contributed by atoms with Crippen molar-refractivity contribution in [1.29, 1.82) is 0 Å². The summed E-state index contributed by atoms with van der Waals surface area (Å²) in [5.74, 6) is 1.95. The van der Waals surface area contributed by atoms with Crippen LogP contribution < -0.4 is 4.74 Å². The molecule has 1 heterocycles. The number of carbonyl (C=O) groups is 1. The fourth-order valence-corrected chi connectivity index (χ4v) is 2.92. The molecule has 0 saturated carbocycles. The molecule has 0 aliphatic heterocycles. The van der Waals surface area contributed by atoms with Crippen LogP contribution in [0.3, 0.4) is 0 Å². The molecule has 2 aromatic carbocycles. The highest BCUT2D eigenvalue weighted by Gasteiger charge is 2.11. The second-order valence-electron chi connectivity index (χ2n) is 6.60. The Labute approximate surface area is 171 Å². The van der Waals surface area contributed by atoms with Crippen LogP contribution in [-0.4, -0.2) is 24.7 Å². The molecule has 0 bridgehead atoms. The standard InChI is InChI=1S/C24H25NO4/c1-18-22(25-24(29-18)20-11-4-3-5-12-20)15-16-28-21-13-8-10-19(17-21)9-6-7-14-23(26)27-2/h3-5,7-8,10-14,17H,6,9,15-16H2,1-2H3/b14-7-. The summed E-state index contributed by atoms with van der Waals surface area (Å²) in [5, 5.41) is 0. The summed E-state index contributed by atoms with van der Waals surface area (Å²) < 4.78 is 16.3. The summed E-state index contributed by atoms with van der Waals surface area (Å²) in [6.45, 7) is 2.45. The van der Waals surface area contributed by atoms with E-state index in [4.69, 9.17) is 9.15 Å². The maximum atomic E-state index is 11.1. The average molecular weight is 391 g/mol. The molecule has 0 amide bonds. The first-order chi connectivity index (χ1) is 14.2. The molecule has 0 saturated heterocycles. The SMILES string of the molecule is COC(=O)/C=C\CCc1cccc(OCCc2nc(-c3ccccc3)oc2C)c1. The van der Waals surface area contributed by atoms with Crippen LogP contribution in [0.2, 0.25) is 0 Å². The molecule has 0 atom stereocenters. The molecule has 0 spiro atoms. The molecule has 3 rings (SSSR count). The number of aryl methyl sites for hydroxylation is 2. The average Bonchev–Trinajstić information content (AvgIpc) is 3.12. The zero-order valence-electron chi connectivity index (χ0n) is 16.8. The smallest absolute Gasteiger partial charge is 0.330 e. The van der Waals surface area contributed by atoms with Gasteiger partial charge in [-0.15, -0.1) is 0 Å². The van der Waals surface area contributed by atoms with E-state index in [2.05, 4.69) is 9.72 Å². The first-order valence-corrected chi connectivity index (χ1v) is 9.63. The van der Waals surface area contributed by atoms with Crippen molar-refractivity contribution in [2.75, 3.05) is 13.7 Å². The number of hydrogen-bond acceptors (Lipinski definition) is 5. The third kappa shape index (κ3) is 6.07. The van der Waals surface area contributed by atoms with Gasteiger partial charge in [0.15, 0.2) is 0 Å². The van der Waals surface area contributed by atoms with E-state index in [1.807, 2.05) is 67.6 Å². The van der Waals surface area contributed by atoms with Crippen molar-refractivity contribution in [3.05, 3.63) is 83.8 Å². The molecular formula is C24H25NO4. The Kier molecular flexibility index (Phi) is 7.22. The van der Waals surface area contributed by atoms with Gasteiger partial charge in [-0.05, 0) is 49.6 Å². The minimum atomic E-state index is -0.333. The summed E-state index contributed by atoms with van der Waals surface area (Å²) in [6, 6.07) is 17.9. The number of rotatable bonds is 9. The van der Waals surface area contributed by atoms with Crippen molar-refractivity contribution in [2.45, 2.75) is 26.2 Å². The van der Waals surface area contributed by atoms with Gasteiger partial charge in [0, 0.05) is 18.1 Å². The fraction of sp³-hybridized carbons (Fsp3) is 0.250. The first kappa shape index (κ1) is 20.4. The van der Waals surface area contributed by atoms with Crippen LogP contribution in [0.4, 0.5) is 0 Å². The van der Waals surface area contributed by atoms with Gasteiger partial charge in [-0.3, -0.25) is 0 Å². The van der Waals surface area contributed by atoms with Gasteiger partial charge in [-0.2, -0.15) is 0 Å². The Hall–Kier alpha value is -3.34. The van der Waals surface area contributed by atoms with E-state index in [0.29, 0.717) is 18.9 Å². The largest absolute Gasteiger partial charge is 0.493 e. The lowest BCUT2D eigenvalue weighted by Crippen LogP contribution is -2.03. The molecule has 150 valence electrons. The zero-order valence-corrected chi connectivity index (χ0v) is 16.8. The number of benzene rings is 2. The van der Waals surface area contributed by atoms with E-state index in [0.717, 1.165) is 41.2 Å². The Morgan fingerprint density at radius 1 is 1.10 bits per heavy atom. The highest BCUT2D eigenvalue weighted by molar-refractivity contribution is 5.81. The lowest BCUT2D eigenvalue weighted by atomic mass is 10.1. The zero-order chi connectivity index (χ0) is 20.5. The lowest BCUT2D eigenvalue weighted by molar-refractivity contribution is -0.134. The quantitative estimate of drug-likeness (QED) is 0.382. The highest BCUT2D eigenvalue weighted by Crippen LogP contribution is 2.22. The van der Waals surface area contributed by atoms with Gasteiger partial charge in [0.05, 0.1) is 19.4 Å². The van der Waals surface area contributed by atoms with Crippen molar-refractivity contribution in [1.82, 2.24) is 4.98 Å². The van der Waals surface area contributed by atoms with Gasteiger partial charge in [-0.25, -0.2) is 9.78 Å². The van der Waals surface area contributed by atoms with E-state index in [1.54, 1.807) is 0 Å². The number of carbonyl (C=O) groups excluding carboxylic acids is 1. The van der Waals surface area contributed by atoms with Crippen molar-refractivity contribution in [3.8, 4) is 17.2 Å². The Balaban J connectivity index is 1.51. The summed E-state index contributed by atoms with van der Waals surface area (Å²) in [7, 11) is 1.37. The van der Waals surface area contributed by atoms with Gasteiger partial charge in [0.1, 0.15) is 11.5 Å². The monoisotopic (exact) mass is 391 g/mol. The molecule has 5 nitrogen and oxygen atoms in total. The number of aromatic nitrogens is 1. The summed E-state index contributed by atoms with van der Waals surface area (Å²) in [5.41, 5.74) is 3.03. The molecule has 0 unspecified atom stereocenters. The van der Waals surface area contributed by atoms with Crippen LogP contribution in [0.15, 0.2) is 71.2 Å². The summed E-state index contributed by atoms with van der Waals surface area (Å²) in [4.78, 5) is 15.7. The van der Waals surface area contributed by atoms with Crippen molar-refractivity contribution >= 4 is 5.97 Å². The van der Waals surface area contributed by atoms with E-state index in [1.165, 1.54) is 13.2 Å². The van der Waals surface area contributed by atoms with E-state index in [-0.39, 0.29) is 5.97 Å². The molecule has 3 aromatic rings. The van der Waals surface area contributed by atoms with Gasteiger partial charge in [0.25, 0.3) is 0 Å². The number of hydrogen-bond donors (Lipinski definition) is 0. The van der Waals surface area contributed by atoms with Gasteiger partial charge < -0.3 is 13.9 Å². The van der Waals surface area contributed by atoms with Crippen LogP contribution in [0.25, 0.3) is 11.5 Å². The molecule has 1 aromatic heterocycles. The second kappa shape index (κ2) is 10.3. The van der Waals surface area contributed by atoms with Crippen molar-refractivity contribution in [2.24, 2.45) is 0 Å². The van der Waals surface area contributed by atoms with Gasteiger partial charge in [-0.1, -0.05) is 36.4 Å².